The number of phenolic OH excluding ortho intramolecular Hbond substituents is 3. The Morgan fingerprint density at radius 3 is 1.40 bits per heavy atom. The van der Waals surface area contributed by atoms with Crippen LogP contribution in [-0.2, 0) is 17.3 Å². The van der Waals surface area contributed by atoms with Gasteiger partial charge in [0, 0.05) is 11.8 Å². The standard InChI is InChI=1S/C29H30O4.C13H12O2/c1-27(2,22-13-15-25(30)16-14-22)29(23-9-5-3-6-10-23,24-11-7-4-8-12-24)26(31)21-17-19-28(32,33)20-18-21;14-12-5-1-10(2-6-12)9-11-3-7-13(15)8-4-11/h3-19,26,30-33H,20H2,1-2H3;1-8,14-15H,9H2. The molecule has 0 bridgehead atoms. The van der Waals surface area contributed by atoms with Crippen molar-refractivity contribution in [3.8, 4) is 17.2 Å². The first kappa shape index (κ1) is 34.2. The summed E-state index contributed by atoms with van der Waals surface area (Å²) >= 11 is 0. The Labute approximate surface area is 281 Å². The molecule has 0 spiro atoms. The van der Waals surface area contributed by atoms with E-state index in [0.29, 0.717) is 5.57 Å². The molecule has 1 aliphatic rings. The Morgan fingerprint density at radius 2 is 1.00 bits per heavy atom. The number of phenols is 3. The van der Waals surface area contributed by atoms with Crippen molar-refractivity contribution in [3.05, 3.63) is 185 Å². The summed E-state index contributed by atoms with van der Waals surface area (Å²) in [5, 5.41) is 60.3. The fourth-order valence-corrected chi connectivity index (χ4v) is 6.60. The van der Waals surface area contributed by atoms with Crippen molar-refractivity contribution in [3.63, 3.8) is 0 Å². The van der Waals surface area contributed by atoms with Crippen molar-refractivity contribution < 1.29 is 30.6 Å². The smallest absolute Gasteiger partial charge is 0.186 e. The lowest BCUT2D eigenvalue weighted by Gasteiger charge is -2.52. The number of aliphatic hydroxyl groups excluding tert-OH is 1. The highest BCUT2D eigenvalue weighted by molar-refractivity contribution is 5.53. The van der Waals surface area contributed by atoms with Gasteiger partial charge in [0.15, 0.2) is 5.79 Å². The molecule has 6 rings (SSSR count). The zero-order valence-corrected chi connectivity index (χ0v) is 27.1. The maximum absolute atomic E-state index is 12.2. The van der Waals surface area contributed by atoms with Gasteiger partial charge < -0.3 is 30.6 Å². The van der Waals surface area contributed by atoms with E-state index in [1.807, 2.05) is 97.1 Å². The van der Waals surface area contributed by atoms with E-state index in [2.05, 4.69) is 13.8 Å². The molecule has 1 aliphatic carbocycles. The number of aromatic hydroxyl groups is 3. The van der Waals surface area contributed by atoms with Crippen LogP contribution in [0.4, 0.5) is 0 Å². The molecule has 246 valence electrons. The first-order chi connectivity index (χ1) is 22.9. The second-order valence-corrected chi connectivity index (χ2v) is 12.7. The van der Waals surface area contributed by atoms with Gasteiger partial charge in [0.05, 0.1) is 11.5 Å². The highest BCUT2D eigenvalue weighted by Crippen LogP contribution is 2.53. The summed E-state index contributed by atoms with van der Waals surface area (Å²) < 4.78 is 0. The second-order valence-electron chi connectivity index (χ2n) is 12.7. The van der Waals surface area contributed by atoms with Crippen LogP contribution in [0.1, 0.15) is 48.1 Å². The monoisotopic (exact) mass is 642 g/mol. The zero-order valence-electron chi connectivity index (χ0n) is 27.1. The minimum atomic E-state index is -1.92. The molecule has 6 nitrogen and oxygen atoms in total. The number of hydrogen-bond acceptors (Lipinski definition) is 6. The van der Waals surface area contributed by atoms with Crippen molar-refractivity contribution in [2.45, 2.75) is 49.4 Å². The summed E-state index contributed by atoms with van der Waals surface area (Å²) in [6.45, 7) is 4.19. The first-order valence-electron chi connectivity index (χ1n) is 15.9. The molecule has 6 N–H and O–H groups in total. The Bertz CT molecular complexity index is 1740. The van der Waals surface area contributed by atoms with Gasteiger partial charge in [0.1, 0.15) is 17.2 Å². The Balaban J connectivity index is 0.000000250. The Morgan fingerprint density at radius 1 is 0.583 bits per heavy atom. The molecule has 0 saturated heterocycles. The molecule has 6 heteroatoms. The van der Waals surface area contributed by atoms with Crippen LogP contribution in [0.2, 0.25) is 0 Å². The van der Waals surface area contributed by atoms with E-state index >= 15 is 0 Å². The van der Waals surface area contributed by atoms with Gasteiger partial charge in [-0.25, -0.2) is 0 Å². The van der Waals surface area contributed by atoms with Crippen molar-refractivity contribution in [1.29, 1.82) is 0 Å². The van der Waals surface area contributed by atoms with Crippen molar-refractivity contribution >= 4 is 0 Å². The van der Waals surface area contributed by atoms with Gasteiger partial charge in [-0.1, -0.05) is 123 Å². The zero-order chi connectivity index (χ0) is 34.4. The molecule has 5 aromatic carbocycles. The molecule has 5 aromatic rings. The molecule has 0 aromatic heterocycles. The summed E-state index contributed by atoms with van der Waals surface area (Å²) in [6, 6.07) is 41.2. The minimum Gasteiger partial charge on any atom is -0.508 e. The van der Waals surface area contributed by atoms with Crippen molar-refractivity contribution in [1.82, 2.24) is 0 Å². The van der Waals surface area contributed by atoms with Gasteiger partial charge in [-0.05, 0) is 82.3 Å². The van der Waals surface area contributed by atoms with Crippen LogP contribution in [0.15, 0.2) is 157 Å². The SMILES string of the molecule is CC(C)(c1ccc(O)cc1)C(c1ccccc1)(c1ccccc1)C(O)C1=CCC(O)(O)C=C1.Oc1ccc(Cc2ccc(O)cc2)cc1. The maximum atomic E-state index is 12.2. The van der Waals surface area contributed by atoms with Gasteiger partial charge in [0.25, 0.3) is 0 Å². The van der Waals surface area contributed by atoms with Crippen LogP contribution >= 0.6 is 0 Å². The third-order valence-corrected chi connectivity index (χ3v) is 9.22. The Hall–Kier alpha value is -5.14. The number of hydrogen-bond donors (Lipinski definition) is 6. The lowest BCUT2D eigenvalue weighted by atomic mass is 9.52. The molecule has 0 fully saturated rings. The topological polar surface area (TPSA) is 121 Å². The van der Waals surface area contributed by atoms with Crippen LogP contribution in [0.5, 0.6) is 17.2 Å². The molecular formula is C42H42O6. The lowest BCUT2D eigenvalue weighted by molar-refractivity contribution is -0.115. The quantitative estimate of drug-likeness (QED) is 0.0991. The van der Waals surface area contributed by atoms with Gasteiger partial charge in [-0.15, -0.1) is 0 Å². The van der Waals surface area contributed by atoms with Crippen LogP contribution in [-0.4, -0.2) is 42.5 Å². The minimum absolute atomic E-state index is 0.00477. The fraction of sp³-hybridized carbons (Fsp3) is 0.190. The maximum Gasteiger partial charge on any atom is 0.186 e. The van der Waals surface area contributed by atoms with Gasteiger partial charge in [-0.2, -0.15) is 0 Å². The normalized spacial score (nSPS) is 14.7. The largest absolute Gasteiger partial charge is 0.508 e. The molecule has 0 heterocycles. The summed E-state index contributed by atoms with van der Waals surface area (Å²) in [6.07, 6.45) is 4.41. The molecule has 0 amide bonds. The predicted octanol–water partition coefficient (Wildman–Crippen LogP) is 7.27. The van der Waals surface area contributed by atoms with Crippen LogP contribution in [0.25, 0.3) is 0 Å². The summed E-state index contributed by atoms with van der Waals surface area (Å²) in [5.74, 6) is -1.17. The summed E-state index contributed by atoms with van der Waals surface area (Å²) in [4.78, 5) is 0. The van der Waals surface area contributed by atoms with E-state index in [9.17, 15) is 20.4 Å². The van der Waals surface area contributed by atoms with E-state index < -0.39 is 22.7 Å². The van der Waals surface area contributed by atoms with Gasteiger partial charge in [0.2, 0.25) is 0 Å². The van der Waals surface area contributed by atoms with E-state index in [1.165, 1.54) is 6.08 Å². The predicted molar refractivity (Wildman–Crippen MR) is 189 cm³/mol. The number of aliphatic hydroxyl groups is 3. The first-order valence-corrected chi connectivity index (χ1v) is 15.9. The van der Waals surface area contributed by atoms with Gasteiger partial charge in [-0.3, -0.25) is 0 Å². The molecule has 0 aliphatic heterocycles. The van der Waals surface area contributed by atoms with E-state index in [0.717, 1.165) is 34.2 Å². The van der Waals surface area contributed by atoms with Crippen molar-refractivity contribution in [2.24, 2.45) is 0 Å². The second kappa shape index (κ2) is 14.3. The van der Waals surface area contributed by atoms with Gasteiger partial charge >= 0.3 is 0 Å². The highest BCUT2D eigenvalue weighted by atomic mass is 16.5. The number of rotatable bonds is 8. The van der Waals surface area contributed by atoms with E-state index in [4.69, 9.17) is 10.2 Å². The molecule has 1 atom stereocenters. The third-order valence-electron chi connectivity index (χ3n) is 9.22. The molecule has 1 unspecified atom stereocenters. The van der Waals surface area contributed by atoms with Crippen LogP contribution in [0.3, 0.4) is 0 Å². The average Bonchev–Trinajstić information content (AvgIpc) is 3.08. The summed E-state index contributed by atoms with van der Waals surface area (Å²) in [7, 11) is 0. The molecule has 48 heavy (non-hydrogen) atoms. The van der Waals surface area contributed by atoms with Crippen LogP contribution < -0.4 is 0 Å². The number of benzene rings is 5. The molecule has 0 radical (unpaired) electrons. The fourth-order valence-electron chi connectivity index (χ4n) is 6.60. The highest BCUT2D eigenvalue weighted by Gasteiger charge is 2.54. The third kappa shape index (κ3) is 7.37. The molecule has 0 saturated carbocycles. The molecular weight excluding hydrogens is 600 g/mol. The lowest BCUT2D eigenvalue weighted by Crippen LogP contribution is -2.55. The Kier molecular flexibility index (Phi) is 10.2. The van der Waals surface area contributed by atoms with E-state index in [1.54, 1.807) is 48.6 Å². The van der Waals surface area contributed by atoms with Crippen molar-refractivity contribution in [2.75, 3.05) is 0 Å². The van der Waals surface area contributed by atoms with Crippen LogP contribution in [0, 0.1) is 0 Å². The van der Waals surface area contributed by atoms with E-state index in [-0.39, 0.29) is 23.7 Å². The average molecular weight is 643 g/mol. The summed E-state index contributed by atoms with van der Waals surface area (Å²) in [5.41, 5.74) is 4.12.